The van der Waals surface area contributed by atoms with Gasteiger partial charge >= 0.3 is 6.18 Å². The quantitative estimate of drug-likeness (QED) is 0.560. The molecule has 1 unspecified atom stereocenters. The highest BCUT2D eigenvalue weighted by atomic mass is 19.4. The average Bonchev–Trinajstić information content (AvgIpc) is 2.87. The summed E-state index contributed by atoms with van der Waals surface area (Å²) in [6.07, 6.45) is 1.44. The Morgan fingerprint density at radius 1 is 0.943 bits per heavy atom. The van der Waals surface area contributed by atoms with E-state index >= 15 is 0 Å². The van der Waals surface area contributed by atoms with Gasteiger partial charge in [0.1, 0.15) is 5.75 Å². The highest BCUT2D eigenvalue weighted by Crippen LogP contribution is 2.38. The number of carbonyl (C=O) groups is 2. The maximum absolute atomic E-state index is 13.5. The van der Waals surface area contributed by atoms with Crippen LogP contribution in [0.1, 0.15) is 71.2 Å². The Bertz CT molecular complexity index is 1060. The SMILES string of the molecule is O=C1NCC2(CCCCCCOc3ccccc31)CCCN(C(=O)c1ccccc1C(F)(F)F)C2. The number of hydrogen-bond donors (Lipinski definition) is 1. The third-order valence-electron chi connectivity index (χ3n) is 7.03. The monoisotopic (exact) mass is 488 g/mol. The minimum Gasteiger partial charge on any atom is -0.493 e. The number of fused-ring (bicyclic) bond motifs is 1. The lowest BCUT2D eigenvalue weighted by Gasteiger charge is -2.43. The second-order valence-corrected chi connectivity index (χ2v) is 9.57. The molecule has 0 saturated carbocycles. The van der Waals surface area contributed by atoms with Gasteiger partial charge in [0, 0.05) is 25.0 Å². The Balaban J connectivity index is 1.56. The Kier molecular flexibility index (Phi) is 7.67. The summed E-state index contributed by atoms with van der Waals surface area (Å²) in [6, 6.07) is 12.1. The molecule has 35 heavy (non-hydrogen) atoms. The van der Waals surface area contributed by atoms with Crippen LogP contribution < -0.4 is 10.1 Å². The van der Waals surface area contributed by atoms with Gasteiger partial charge < -0.3 is 15.0 Å². The highest BCUT2D eigenvalue weighted by molar-refractivity contribution is 5.97. The molecule has 5 nitrogen and oxygen atoms in total. The van der Waals surface area contributed by atoms with Crippen LogP contribution in [0.25, 0.3) is 0 Å². The number of ether oxygens (including phenoxy) is 1. The standard InChI is InChI=1S/C27H31F3N2O3/c28-27(29,30)22-12-5-3-10-20(22)25(34)32-16-9-15-26(19-32)14-7-1-2-8-17-35-23-13-6-4-11-21(23)24(33)31-18-26/h3-6,10-13H,1-2,7-9,14-19H2,(H,31,33). The van der Waals surface area contributed by atoms with Gasteiger partial charge in [-0.3, -0.25) is 9.59 Å². The normalized spacial score (nSPS) is 22.1. The molecule has 1 fully saturated rings. The van der Waals surface area contributed by atoms with E-state index in [0.29, 0.717) is 44.0 Å². The zero-order valence-electron chi connectivity index (χ0n) is 19.7. The summed E-state index contributed by atoms with van der Waals surface area (Å²) in [6.45, 7) is 1.61. The summed E-state index contributed by atoms with van der Waals surface area (Å²) >= 11 is 0. The third-order valence-corrected chi connectivity index (χ3v) is 7.03. The molecule has 0 bridgehead atoms. The number of likely N-dealkylation sites (tertiary alicyclic amines) is 1. The minimum atomic E-state index is -4.60. The summed E-state index contributed by atoms with van der Waals surface area (Å²) in [4.78, 5) is 27.8. The molecule has 2 aromatic carbocycles. The predicted molar refractivity (Wildman–Crippen MR) is 126 cm³/mol. The first-order chi connectivity index (χ1) is 16.8. The van der Waals surface area contributed by atoms with Crippen molar-refractivity contribution < 1.29 is 27.5 Å². The fourth-order valence-electron chi connectivity index (χ4n) is 5.19. The number of amides is 2. The number of alkyl halides is 3. The molecule has 1 spiro atoms. The summed E-state index contributed by atoms with van der Waals surface area (Å²) in [5.74, 6) is -0.308. The third kappa shape index (κ3) is 5.97. The molecule has 0 aromatic heterocycles. The van der Waals surface area contributed by atoms with Crippen LogP contribution in [0.3, 0.4) is 0 Å². The van der Waals surface area contributed by atoms with Crippen molar-refractivity contribution in [2.45, 2.75) is 51.1 Å². The largest absolute Gasteiger partial charge is 0.493 e. The molecule has 1 saturated heterocycles. The van der Waals surface area contributed by atoms with Gasteiger partial charge in [-0.05, 0) is 49.9 Å². The number of piperidine rings is 1. The van der Waals surface area contributed by atoms with Crippen LogP contribution in [0.5, 0.6) is 5.75 Å². The summed E-state index contributed by atoms with van der Waals surface area (Å²) in [7, 11) is 0. The van der Waals surface area contributed by atoms with Crippen molar-refractivity contribution >= 4 is 11.8 Å². The number of rotatable bonds is 1. The molecule has 2 amide bonds. The molecule has 1 atom stereocenters. The number of carbonyl (C=O) groups excluding carboxylic acids is 2. The maximum Gasteiger partial charge on any atom is 0.417 e. The van der Waals surface area contributed by atoms with E-state index in [1.807, 2.05) is 6.07 Å². The first kappa shape index (κ1) is 25.1. The van der Waals surface area contributed by atoms with Crippen LogP contribution >= 0.6 is 0 Å². The van der Waals surface area contributed by atoms with Crippen LogP contribution in [0, 0.1) is 5.41 Å². The van der Waals surface area contributed by atoms with Crippen LogP contribution in [0.2, 0.25) is 0 Å². The Labute approximate surface area is 203 Å². The second-order valence-electron chi connectivity index (χ2n) is 9.57. The van der Waals surface area contributed by atoms with Gasteiger partial charge in [0.05, 0.1) is 23.3 Å². The van der Waals surface area contributed by atoms with Crippen molar-refractivity contribution in [1.82, 2.24) is 10.2 Å². The maximum atomic E-state index is 13.5. The van der Waals surface area contributed by atoms with Gasteiger partial charge in [0.15, 0.2) is 0 Å². The molecule has 2 heterocycles. The van der Waals surface area contributed by atoms with Crippen molar-refractivity contribution in [2.24, 2.45) is 5.41 Å². The van der Waals surface area contributed by atoms with E-state index in [9.17, 15) is 22.8 Å². The zero-order valence-corrected chi connectivity index (χ0v) is 19.7. The van der Waals surface area contributed by atoms with E-state index in [1.54, 1.807) is 18.2 Å². The topological polar surface area (TPSA) is 58.6 Å². The number of nitrogens with zero attached hydrogens (tertiary/aromatic N) is 1. The first-order valence-corrected chi connectivity index (χ1v) is 12.2. The molecule has 0 aliphatic carbocycles. The summed E-state index contributed by atoms with van der Waals surface area (Å²) < 4.78 is 46.5. The summed E-state index contributed by atoms with van der Waals surface area (Å²) in [5.41, 5.74) is -1.16. The Hall–Kier alpha value is -3.03. The van der Waals surface area contributed by atoms with Gasteiger partial charge in [0.25, 0.3) is 11.8 Å². The molecule has 188 valence electrons. The second kappa shape index (κ2) is 10.7. The van der Waals surface area contributed by atoms with Crippen molar-refractivity contribution in [3.05, 3.63) is 65.2 Å². The molecule has 1 N–H and O–H groups in total. The molecule has 2 aliphatic heterocycles. The van der Waals surface area contributed by atoms with Crippen LogP contribution in [-0.4, -0.2) is 43.0 Å². The van der Waals surface area contributed by atoms with E-state index in [4.69, 9.17) is 4.74 Å². The van der Waals surface area contributed by atoms with Gasteiger partial charge in [-0.2, -0.15) is 13.2 Å². The van der Waals surface area contributed by atoms with E-state index in [1.165, 1.54) is 23.1 Å². The van der Waals surface area contributed by atoms with E-state index in [2.05, 4.69) is 5.32 Å². The first-order valence-electron chi connectivity index (χ1n) is 12.2. The summed E-state index contributed by atoms with van der Waals surface area (Å²) in [5, 5.41) is 3.04. The minimum absolute atomic E-state index is 0.245. The number of para-hydroxylation sites is 1. The fourth-order valence-corrected chi connectivity index (χ4v) is 5.19. The van der Waals surface area contributed by atoms with Gasteiger partial charge in [-0.15, -0.1) is 0 Å². The highest BCUT2D eigenvalue weighted by Gasteiger charge is 2.40. The average molecular weight is 489 g/mol. The molecule has 2 aromatic rings. The smallest absolute Gasteiger partial charge is 0.417 e. The number of nitrogens with one attached hydrogen (secondary N) is 1. The number of halogens is 3. The van der Waals surface area contributed by atoms with Gasteiger partial charge in [-0.1, -0.05) is 43.5 Å². The predicted octanol–water partition coefficient (Wildman–Crippen LogP) is 5.70. The van der Waals surface area contributed by atoms with Crippen molar-refractivity contribution in [1.29, 1.82) is 0 Å². The number of hydrogen-bond acceptors (Lipinski definition) is 3. The van der Waals surface area contributed by atoms with Crippen LogP contribution in [0.4, 0.5) is 13.2 Å². The van der Waals surface area contributed by atoms with Gasteiger partial charge in [0.2, 0.25) is 0 Å². The van der Waals surface area contributed by atoms with E-state index in [0.717, 1.165) is 44.6 Å². The molecular weight excluding hydrogens is 457 g/mol. The lowest BCUT2D eigenvalue weighted by atomic mass is 9.75. The molecule has 2 aliphatic rings. The van der Waals surface area contributed by atoms with Crippen molar-refractivity contribution in [3.8, 4) is 5.75 Å². The zero-order chi connectivity index (χ0) is 24.9. The lowest BCUT2D eigenvalue weighted by Crippen LogP contribution is -2.51. The van der Waals surface area contributed by atoms with E-state index < -0.39 is 17.6 Å². The molecular formula is C27H31F3N2O3. The Morgan fingerprint density at radius 3 is 2.49 bits per heavy atom. The molecule has 0 radical (unpaired) electrons. The Morgan fingerprint density at radius 2 is 1.66 bits per heavy atom. The van der Waals surface area contributed by atoms with Crippen LogP contribution in [-0.2, 0) is 6.18 Å². The molecule has 8 heteroatoms. The van der Waals surface area contributed by atoms with Crippen LogP contribution in [0.15, 0.2) is 48.5 Å². The van der Waals surface area contributed by atoms with Crippen molar-refractivity contribution in [3.63, 3.8) is 0 Å². The van der Waals surface area contributed by atoms with Crippen molar-refractivity contribution in [2.75, 3.05) is 26.2 Å². The number of benzene rings is 2. The molecule has 4 rings (SSSR count). The fraction of sp³-hybridized carbons (Fsp3) is 0.481. The van der Waals surface area contributed by atoms with Gasteiger partial charge in [-0.25, -0.2) is 0 Å². The van der Waals surface area contributed by atoms with E-state index in [-0.39, 0.29) is 16.9 Å². The lowest BCUT2D eigenvalue weighted by molar-refractivity contribution is -0.138.